The molecule has 2 aliphatic heterocycles. The Bertz CT molecular complexity index is 882. The Kier molecular flexibility index (Phi) is 6.40. The van der Waals surface area contributed by atoms with Crippen LogP contribution in [0.1, 0.15) is 41.6 Å². The average molecular weight is 430 g/mol. The topological polar surface area (TPSA) is 38.8 Å². The molecule has 0 aromatic heterocycles. The predicted molar refractivity (Wildman–Crippen MR) is 114 cm³/mol. The summed E-state index contributed by atoms with van der Waals surface area (Å²) in [7, 11) is 0. The number of nitrogens with zero attached hydrogens (tertiary/aromatic N) is 1. The van der Waals surface area contributed by atoms with Crippen molar-refractivity contribution >= 4 is 17.4 Å². The maximum absolute atomic E-state index is 13.3. The van der Waals surface area contributed by atoms with Crippen LogP contribution in [0.2, 0.25) is 5.02 Å². The molecule has 0 amide bonds. The summed E-state index contributed by atoms with van der Waals surface area (Å²) < 4.78 is 24.8. The molecule has 30 heavy (non-hydrogen) atoms. The van der Waals surface area contributed by atoms with Gasteiger partial charge in [-0.3, -0.25) is 4.79 Å². The van der Waals surface area contributed by atoms with E-state index in [4.69, 9.17) is 21.1 Å². The van der Waals surface area contributed by atoms with Crippen LogP contribution < -0.4 is 0 Å². The SMILES string of the molecule is O=C(c1ccc(Cl)cc1)C1CCN(CCCC2(c3ccc(F)cc3)OC=CO2)CC1. The molecule has 0 spiro atoms. The maximum Gasteiger partial charge on any atom is 0.276 e. The summed E-state index contributed by atoms with van der Waals surface area (Å²) in [5.41, 5.74) is 1.54. The number of hydrogen-bond donors (Lipinski definition) is 0. The number of ether oxygens (including phenoxy) is 2. The van der Waals surface area contributed by atoms with Crippen LogP contribution in [0.25, 0.3) is 0 Å². The van der Waals surface area contributed by atoms with E-state index in [1.807, 2.05) is 12.1 Å². The summed E-state index contributed by atoms with van der Waals surface area (Å²) in [6.45, 7) is 2.69. The fourth-order valence-corrected chi connectivity index (χ4v) is 4.34. The zero-order valence-corrected chi connectivity index (χ0v) is 17.5. The van der Waals surface area contributed by atoms with Crippen molar-refractivity contribution in [2.75, 3.05) is 19.6 Å². The summed E-state index contributed by atoms with van der Waals surface area (Å²) in [6.07, 6.45) is 6.33. The van der Waals surface area contributed by atoms with Crippen LogP contribution in [0.4, 0.5) is 4.39 Å². The lowest BCUT2D eigenvalue weighted by atomic mass is 9.88. The van der Waals surface area contributed by atoms with Crippen LogP contribution in [0.3, 0.4) is 0 Å². The van der Waals surface area contributed by atoms with Crippen molar-refractivity contribution in [1.29, 1.82) is 0 Å². The number of halogens is 2. The maximum atomic E-state index is 13.3. The van der Waals surface area contributed by atoms with Gasteiger partial charge in [0.05, 0.1) is 0 Å². The first kappa shape index (κ1) is 20.9. The summed E-state index contributed by atoms with van der Waals surface area (Å²) in [5.74, 6) is -0.883. The number of ketones is 1. The number of likely N-dealkylation sites (tertiary alicyclic amines) is 1. The molecule has 2 aromatic rings. The molecule has 1 saturated heterocycles. The number of piperidine rings is 1. The van der Waals surface area contributed by atoms with Crippen molar-refractivity contribution in [3.63, 3.8) is 0 Å². The van der Waals surface area contributed by atoms with Crippen LogP contribution in [0.5, 0.6) is 0 Å². The fraction of sp³-hybridized carbons (Fsp3) is 0.375. The van der Waals surface area contributed by atoms with E-state index >= 15 is 0 Å². The molecular weight excluding hydrogens is 405 g/mol. The Morgan fingerprint density at radius 2 is 1.67 bits per heavy atom. The summed E-state index contributed by atoms with van der Waals surface area (Å²) >= 11 is 5.92. The molecular formula is C24H25ClFNO3. The Morgan fingerprint density at radius 3 is 2.30 bits per heavy atom. The van der Waals surface area contributed by atoms with E-state index in [2.05, 4.69) is 4.90 Å². The zero-order chi connectivity index (χ0) is 21.0. The first-order chi connectivity index (χ1) is 14.6. The molecule has 0 unspecified atom stereocenters. The highest BCUT2D eigenvalue weighted by atomic mass is 35.5. The second-order valence-corrected chi connectivity index (χ2v) is 8.29. The zero-order valence-electron chi connectivity index (χ0n) is 16.7. The van der Waals surface area contributed by atoms with Crippen LogP contribution in [-0.2, 0) is 15.3 Å². The lowest BCUT2D eigenvalue weighted by Crippen LogP contribution is -2.37. The quantitative estimate of drug-likeness (QED) is 0.543. The third-order valence-electron chi connectivity index (χ3n) is 5.92. The predicted octanol–water partition coefficient (Wildman–Crippen LogP) is 5.53. The Labute approximate surface area is 181 Å². The number of Topliss-reactive ketones (excluding diaryl/α,β-unsaturated/α-hetero) is 1. The van der Waals surface area contributed by atoms with E-state index in [1.165, 1.54) is 24.7 Å². The van der Waals surface area contributed by atoms with Crippen molar-refractivity contribution in [1.82, 2.24) is 4.90 Å². The van der Waals surface area contributed by atoms with Crippen molar-refractivity contribution in [2.45, 2.75) is 31.5 Å². The largest absolute Gasteiger partial charge is 0.453 e. The van der Waals surface area contributed by atoms with Gasteiger partial charge in [0.25, 0.3) is 5.79 Å². The molecule has 0 saturated carbocycles. The second kappa shape index (κ2) is 9.19. The Hall–Kier alpha value is -2.37. The number of carbonyl (C=O) groups excluding carboxylic acids is 1. The van der Waals surface area contributed by atoms with Gasteiger partial charge in [-0.1, -0.05) is 11.6 Å². The van der Waals surface area contributed by atoms with Crippen molar-refractivity contribution in [2.24, 2.45) is 5.92 Å². The summed E-state index contributed by atoms with van der Waals surface area (Å²) in [4.78, 5) is 15.1. The molecule has 2 aliphatic rings. The molecule has 4 nitrogen and oxygen atoms in total. The molecule has 6 heteroatoms. The van der Waals surface area contributed by atoms with E-state index in [1.54, 1.807) is 24.3 Å². The van der Waals surface area contributed by atoms with Gasteiger partial charge in [0.1, 0.15) is 18.3 Å². The van der Waals surface area contributed by atoms with E-state index in [9.17, 15) is 9.18 Å². The first-order valence-corrected chi connectivity index (χ1v) is 10.7. The van der Waals surface area contributed by atoms with Crippen LogP contribution in [-0.4, -0.2) is 30.3 Å². The van der Waals surface area contributed by atoms with E-state index in [-0.39, 0.29) is 17.5 Å². The molecule has 2 heterocycles. The third kappa shape index (κ3) is 4.68. The van der Waals surface area contributed by atoms with E-state index in [0.717, 1.165) is 50.0 Å². The van der Waals surface area contributed by atoms with Gasteiger partial charge in [0.15, 0.2) is 5.78 Å². The summed E-state index contributed by atoms with van der Waals surface area (Å²) in [5, 5.41) is 0.644. The minimum Gasteiger partial charge on any atom is -0.453 e. The minimum absolute atomic E-state index is 0.0682. The molecule has 0 N–H and O–H groups in total. The van der Waals surface area contributed by atoms with Crippen molar-refractivity contribution in [3.8, 4) is 0 Å². The molecule has 1 fully saturated rings. The number of carbonyl (C=O) groups is 1. The number of hydrogen-bond acceptors (Lipinski definition) is 4. The van der Waals surface area contributed by atoms with E-state index in [0.29, 0.717) is 11.4 Å². The van der Waals surface area contributed by atoms with Crippen LogP contribution in [0, 0.1) is 11.7 Å². The molecule has 0 atom stereocenters. The molecule has 2 aromatic carbocycles. The summed E-state index contributed by atoms with van der Waals surface area (Å²) in [6, 6.07) is 13.4. The van der Waals surface area contributed by atoms with Gasteiger partial charge in [-0.05, 0) is 87.4 Å². The van der Waals surface area contributed by atoms with Crippen LogP contribution in [0.15, 0.2) is 61.1 Å². The van der Waals surface area contributed by atoms with Crippen LogP contribution >= 0.6 is 11.6 Å². The standard InChI is InChI=1S/C24H25ClFNO3/c25-21-6-2-18(3-7-21)23(28)19-10-14-27(15-11-19)13-1-12-24(29-16-17-30-24)20-4-8-22(26)9-5-20/h2-9,16-17,19H,1,10-15H2. The molecule has 158 valence electrons. The Balaban J connectivity index is 1.27. The number of rotatable bonds is 7. The second-order valence-electron chi connectivity index (χ2n) is 7.86. The fourth-order valence-electron chi connectivity index (χ4n) is 4.21. The van der Waals surface area contributed by atoms with Gasteiger partial charge in [-0.2, -0.15) is 0 Å². The minimum atomic E-state index is -0.878. The third-order valence-corrected chi connectivity index (χ3v) is 6.18. The van der Waals surface area contributed by atoms with Gasteiger partial charge < -0.3 is 14.4 Å². The van der Waals surface area contributed by atoms with Gasteiger partial charge in [0, 0.05) is 28.5 Å². The molecule has 0 radical (unpaired) electrons. The van der Waals surface area contributed by atoms with Gasteiger partial charge in [0.2, 0.25) is 0 Å². The molecule has 0 aliphatic carbocycles. The first-order valence-electron chi connectivity index (χ1n) is 10.3. The van der Waals surface area contributed by atoms with Gasteiger partial charge in [-0.15, -0.1) is 0 Å². The molecule has 0 bridgehead atoms. The van der Waals surface area contributed by atoms with Crippen molar-refractivity contribution < 1.29 is 18.7 Å². The number of benzene rings is 2. The monoisotopic (exact) mass is 429 g/mol. The smallest absolute Gasteiger partial charge is 0.276 e. The normalized spacial score (nSPS) is 18.7. The van der Waals surface area contributed by atoms with Crippen molar-refractivity contribution in [3.05, 3.63) is 83.0 Å². The highest BCUT2D eigenvalue weighted by Crippen LogP contribution is 2.37. The lowest BCUT2D eigenvalue weighted by molar-refractivity contribution is -0.156. The van der Waals surface area contributed by atoms with Gasteiger partial charge >= 0.3 is 0 Å². The highest BCUT2D eigenvalue weighted by molar-refractivity contribution is 6.30. The molecule has 4 rings (SSSR count). The average Bonchev–Trinajstić information content (AvgIpc) is 3.25. The highest BCUT2D eigenvalue weighted by Gasteiger charge is 2.37. The van der Waals surface area contributed by atoms with Gasteiger partial charge in [-0.25, -0.2) is 4.39 Å². The Morgan fingerprint density at radius 1 is 1.03 bits per heavy atom. The lowest BCUT2D eigenvalue weighted by Gasteiger charge is -2.33. The van der Waals surface area contributed by atoms with E-state index < -0.39 is 5.79 Å².